The molecule has 1 aliphatic carbocycles. The Hall–Kier alpha value is -0.820. The number of amides is 1. The minimum Gasteiger partial charge on any atom is -0.379 e. The van der Waals surface area contributed by atoms with E-state index < -0.39 is 30.7 Å². The normalized spacial score (nSPS) is 20.0. The van der Waals surface area contributed by atoms with Crippen molar-refractivity contribution in [2.24, 2.45) is 11.7 Å². The molecule has 1 unspecified atom stereocenters. The largest absolute Gasteiger partial charge is 0.391 e. The van der Waals surface area contributed by atoms with Crippen LogP contribution in [-0.2, 0) is 9.53 Å². The molecule has 17 heavy (non-hydrogen) atoms. The Morgan fingerprint density at radius 1 is 1.47 bits per heavy atom. The number of rotatable bonds is 7. The van der Waals surface area contributed by atoms with Crippen LogP contribution in [0.15, 0.2) is 0 Å². The number of halogens is 3. The number of likely N-dealkylation sites (N-methyl/N-ethyl adjacent to an activating group) is 1. The van der Waals surface area contributed by atoms with Crippen molar-refractivity contribution in [2.45, 2.75) is 31.0 Å². The maximum absolute atomic E-state index is 11.9. The van der Waals surface area contributed by atoms with Crippen molar-refractivity contribution in [1.29, 1.82) is 0 Å². The number of ether oxygens (including phenoxy) is 1. The summed E-state index contributed by atoms with van der Waals surface area (Å²) in [4.78, 5) is 11.4. The van der Waals surface area contributed by atoms with Crippen LogP contribution in [0.4, 0.5) is 13.2 Å². The van der Waals surface area contributed by atoms with E-state index in [1.165, 1.54) is 0 Å². The first-order chi connectivity index (χ1) is 7.82. The van der Waals surface area contributed by atoms with E-state index in [0.29, 0.717) is 0 Å². The average Bonchev–Trinajstić information content (AvgIpc) is 3.00. The second kappa shape index (κ2) is 5.22. The summed E-state index contributed by atoms with van der Waals surface area (Å²) in [6.07, 6.45) is -3.58. The molecule has 7 heteroatoms. The van der Waals surface area contributed by atoms with Crippen molar-refractivity contribution in [2.75, 3.05) is 20.3 Å². The molecule has 0 aromatic carbocycles. The number of carbonyl (C=O) groups excluding carboxylic acids is 1. The fourth-order valence-electron chi connectivity index (χ4n) is 1.79. The molecule has 4 nitrogen and oxygen atoms in total. The summed E-state index contributed by atoms with van der Waals surface area (Å²) in [5.74, 6) is -0.509. The molecule has 100 valence electrons. The second-order valence-corrected chi connectivity index (χ2v) is 4.28. The lowest BCUT2D eigenvalue weighted by Gasteiger charge is -2.30. The Bertz CT molecular complexity index is 279. The number of hydrogen-bond acceptors (Lipinski definition) is 3. The van der Waals surface area contributed by atoms with E-state index in [-0.39, 0.29) is 12.5 Å². The summed E-state index contributed by atoms with van der Waals surface area (Å²) in [7, 11) is 1.57. The lowest BCUT2D eigenvalue weighted by Crippen LogP contribution is -2.59. The summed E-state index contributed by atoms with van der Waals surface area (Å²) in [5.41, 5.74) is 4.27. The lowest BCUT2D eigenvalue weighted by atomic mass is 9.93. The predicted molar refractivity (Wildman–Crippen MR) is 55.2 cm³/mol. The van der Waals surface area contributed by atoms with Crippen LogP contribution in [0, 0.1) is 5.92 Å². The monoisotopic (exact) mass is 254 g/mol. The van der Waals surface area contributed by atoms with Gasteiger partial charge in [-0.25, -0.2) is 0 Å². The minimum absolute atomic E-state index is 0.0656. The van der Waals surface area contributed by atoms with Gasteiger partial charge in [0.1, 0.15) is 5.54 Å². The van der Waals surface area contributed by atoms with Gasteiger partial charge in [0.05, 0.1) is 19.6 Å². The molecule has 1 aliphatic rings. The molecule has 0 aromatic heterocycles. The zero-order chi connectivity index (χ0) is 13.1. The van der Waals surface area contributed by atoms with E-state index in [4.69, 9.17) is 10.5 Å². The molecular weight excluding hydrogens is 237 g/mol. The van der Waals surface area contributed by atoms with E-state index in [2.05, 4.69) is 5.32 Å². The highest BCUT2D eigenvalue weighted by atomic mass is 19.4. The third-order valence-electron chi connectivity index (χ3n) is 3.02. The first kappa shape index (κ1) is 14.2. The van der Waals surface area contributed by atoms with Crippen molar-refractivity contribution < 1.29 is 22.7 Å². The van der Waals surface area contributed by atoms with Gasteiger partial charge >= 0.3 is 6.18 Å². The number of alkyl halides is 3. The number of carbonyl (C=O) groups is 1. The summed E-state index contributed by atoms with van der Waals surface area (Å²) in [6, 6.07) is 0. The molecule has 0 saturated heterocycles. The van der Waals surface area contributed by atoms with Gasteiger partial charge in [-0.15, -0.1) is 0 Å². The van der Waals surface area contributed by atoms with Gasteiger partial charge in [0.25, 0.3) is 0 Å². The highest BCUT2D eigenvalue weighted by Crippen LogP contribution is 2.39. The van der Waals surface area contributed by atoms with E-state index in [1.54, 1.807) is 7.05 Å². The molecule has 1 fully saturated rings. The maximum atomic E-state index is 11.9. The van der Waals surface area contributed by atoms with Crippen LogP contribution >= 0.6 is 0 Å². The quantitative estimate of drug-likeness (QED) is 0.661. The van der Waals surface area contributed by atoms with Crippen molar-refractivity contribution in [3.63, 3.8) is 0 Å². The molecule has 1 rings (SSSR count). The fourth-order valence-corrected chi connectivity index (χ4v) is 1.79. The van der Waals surface area contributed by atoms with E-state index in [0.717, 1.165) is 12.8 Å². The van der Waals surface area contributed by atoms with E-state index >= 15 is 0 Å². The smallest absolute Gasteiger partial charge is 0.379 e. The van der Waals surface area contributed by atoms with E-state index in [1.807, 2.05) is 0 Å². The van der Waals surface area contributed by atoms with Crippen molar-refractivity contribution in [3.8, 4) is 0 Å². The van der Waals surface area contributed by atoms with Crippen molar-refractivity contribution in [3.05, 3.63) is 0 Å². The van der Waals surface area contributed by atoms with Gasteiger partial charge < -0.3 is 15.8 Å². The molecule has 0 aromatic rings. The zero-order valence-corrected chi connectivity index (χ0v) is 9.64. The van der Waals surface area contributed by atoms with Crippen LogP contribution in [0.25, 0.3) is 0 Å². The van der Waals surface area contributed by atoms with Crippen LogP contribution < -0.4 is 11.1 Å². The maximum Gasteiger partial charge on any atom is 0.391 e. The number of nitrogens with one attached hydrogen (secondary N) is 1. The SMILES string of the molecule is CNC(COCCC(F)(F)F)(C(N)=O)C1CC1. The van der Waals surface area contributed by atoms with Crippen LogP contribution in [0.1, 0.15) is 19.3 Å². The summed E-state index contributed by atoms with van der Waals surface area (Å²) >= 11 is 0. The highest BCUT2D eigenvalue weighted by molar-refractivity contribution is 5.85. The predicted octanol–water partition coefficient (Wildman–Crippen LogP) is 0.809. The Morgan fingerprint density at radius 3 is 2.41 bits per heavy atom. The standard InChI is InChI=1S/C10H17F3N2O2/c1-15-9(8(14)16,7-2-3-7)6-17-5-4-10(11,12)13/h7,15H,2-6H2,1H3,(H2,14,16). The fraction of sp³-hybridized carbons (Fsp3) is 0.900. The molecule has 1 atom stereocenters. The van der Waals surface area contributed by atoms with Gasteiger partial charge in [-0.05, 0) is 25.8 Å². The van der Waals surface area contributed by atoms with E-state index in [9.17, 15) is 18.0 Å². The van der Waals surface area contributed by atoms with Gasteiger partial charge in [0, 0.05) is 0 Å². The Kier molecular flexibility index (Phi) is 4.37. The third kappa shape index (κ3) is 3.85. The topological polar surface area (TPSA) is 64.3 Å². The first-order valence-electron chi connectivity index (χ1n) is 5.45. The number of nitrogens with two attached hydrogens (primary N) is 1. The first-order valence-corrected chi connectivity index (χ1v) is 5.45. The number of primary amides is 1. The molecule has 0 aliphatic heterocycles. The highest BCUT2D eigenvalue weighted by Gasteiger charge is 2.49. The third-order valence-corrected chi connectivity index (χ3v) is 3.02. The minimum atomic E-state index is -4.24. The van der Waals surface area contributed by atoms with Crippen molar-refractivity contribution in [1.82, 2.24) is 5.32 Å². The van der Waals surface area contributed by atoms with Gasteiger partial charge in [-0.3, -0.25) is 4.79 Å². The summed E-state index contributed by atoms with van der Waals surface area (Å²) in [5, 5.41) is 2.79. The Morgan fingerprint density at radius 2 is 2.06 bits per heavy atom. The number of hydrogen-bond donors (Lipinski definition) is 2. The summed E-state index contributed by atoms with van der Waals surface area (Å²) < 4.78 is 40.6. The van der Waals surface area contributed by atoms with Crippen LogP contribution in [0.5, 0.6) is 0 Å². The molecular formula is C10H17F3N2O2. The van der Waals surface area contributed by atoms with Gasteiger partial charge in [-0.1, -0.05) is 0 Å². The van der Waals surface area contributed by atoms with Crippen molar-refractivity contribution >= 4 is 5.91 Å². The molecule has 3 N–H and O–H groups in total. The average molecular weight is 254 g/mol. The van der Waals surface area contributed by atoms with Gasteiger partial charge in [-0.2, -0.15) is 13.2 Å². The molecule has 0 spiro atoms. The van der Waals surface area contributed by atoms with Gasteiger partial charge in [0.15, 0.2) is 0 Å². The van der Waals surface area contributed by atoms with Crippen LogP contribution in [-0.4, -0.2) is 37.9 Å². The summed E-state index contributed by atoms with van der Waals surface area (Å²) in [6.45, 7) is -0.563. The Balaban J connectivity index is 2.42. The van der Waals surface area contributed by atoms with Gasteiger partial charge in [0.2, 0.25) is 5.91 Å². The molecule has 0 radical (unpaired) electrons. The zero-order valence-electron chi connectivity index (χ0n) is 9.64. The lowest BCUT2D eigenvalue weighted by molar-refractivity contribution is -0.148. The van der Waals surface area contributed by atoms with Crippen LogP contribution in [0.2, 0.25) is 0 Å². The molecule has 0 heterocycles. The molecule has 0 bridgehead atoms. The van der Waals surface area contributed by atoms with Crippen LogP contribution in [0.3, 0.4) is 0 Å². The molecule has 1 saturated carbocycles. The molecule has 1 amide bonds. The second-order valence-electron chi connectivity index (χ2n) is 4.28. The Labute approximate surface area is 97.7 Å².